The lowest BCUT2D eigenvalue weighted by molar-refractivity contribution is -0.115. The van der Waals surface area contributed by atoms with Crippen LogP contribution in [0.1, 0.15) is 0 Å². The molecule has 1 N–H and O–H groups in total. The van der Waals surface area contributed by atoms with E-state index in [0.29, 0.717) is 38.8 Å². The molecule has 2 amide bonds. The molecule has 7 nitrogen and oxygen atoms in total. The molecule has 35 heavy (non-hydrogen) atoms. The zero-order valence-electron chi connectivity index (χ0n) is 18.7. The van der Waals surface area contributed by atoms with Crippen LogP contribution in [0.4, 0.5) is 17.1 Å². The van der Waals surface area contributed by atoms with Crippen molar-refractivity contribution in [2.45, 2.75) is 0 Å². The van der Waals surface area contributed by atoms with Gasteiger partial charge in [0.25, 0.3) is 5.91 Å². The van der Waals surface area contributed by atoms with Crippen LogP contribution in [-0.2, 0) is 9.59 Å². The lowest BCUT2D eigenvalue weighted by Crippen LogP contribution is -2.28. The summed E-state index contributed by atoms with van der Waals surface area (Å²) in [6, 6.07) is 20.9. The molecule has 1 aliphatic rings. The minimum absolute atomic E-state index is 0. The van der Waals surface area contributed by atoms with Crippen molar-refractivity contribution in [3.8, 4) is 11.5 Å². The van der Waals surface area contributed by atoms with E-state index in [1.165, 1.54) is 11.0 Å². The number of ether oxygens (including phenoxy) is 2. The van der Waals surface area contributed by atoms with E-state index < -0.39 is 5.91 Å². The van der Waals surface area contributed by atoms with E-state index >= 15 is 0 Å². The van der Waals surface area contributed by atoms with Crippen LogP contribution in [0, 0.1) is 0 Å². The van der Waals surface area contributed by atoms with E-state index in [9.17, 15) is 9.59 Å². The van der Waals surface area contributed by atoms with Crippen LogP contribution in [0.5, 0.6) is 11.5 Å². The third-order valence-corrected chi connectivity index (χ3v) is 6.03. The van der Waals surface area contributed by atoms with Gasteiger partial charge in [-0.3, -0.25) is 14.5 Å². The number of hydrogen-bond acceptors (Lipinski definition) is 6. The highest BCUT2D eigenvalue weighted by molar-refractivity contribution is 8.93. The van der Waals surface area contributed by atoms with Gasteiger partial charge in [0, 0.05) is 16.8 Å². The molecule has 3 aromatic carbocycles. The number of nitrogens with one attached hydrogen (secondary N) is 1. The quantitative estimate of drug-likeness (QED) is 0.353. The summed E-state index contributed by atoms with van der Waals surface area (Å²) in [4.78, 5) is 32.2. The van der Waals surface area contributed by atoms with Gasteiger partial charge in [-0.2, -0.15) is 0 Å². The van der Waals surface area contributed by atoms with Crippen molar-refractivity contribution in [3.05, 3.63) is 88.8 Å². The molecule has 4 rings (SSSR count). The zero-order valence-corrected chi connectivity index (χ0v) is 22.0. The van der Waals surface area contributed by atoms with Crippen molar-refractivity contribution in [1.82, 2.24) is 0 Å². The molecule has 0 spiro atoms. The van der Waals surface area contributed by atoms with Gasteiger partial charge in [-0.1, -0.05) is 11.6 Å². The maximum absolute atomic E-state index is 13.3. The first kappa shape index (κ1) is 26.3. The maximum atomic E-state index is 13.3. The summed E-state index contributed by atoms with van der Waals surface area (Å²) >= 11 is 7.01. The topological polar surface area (TPSA) is 80.2 Å². The number of nitrogens with zero attached hydrogens (tertiary/aromatic N) is 2. The third kappa shape index (κ3) is 6.45. The fourth-order valence-corrected chi connectivity index (χ4v) is 4.20. The zero-order chi connectivity index (χ0) is 24.1. The molecular weight excluding hydrogens is 554 g/mol. The molecule has 0 aromatic heterocycles. The molecule has 0 atom stereocenters. The first-order valence-electron chi connectivity index (χ1n) is 10.1. The van der Waals surface area contributed by atoms with E-state index in [4.69, 9.17) is 21.1 Å². The first-order chi connectivity index (χ1) is 16.5. The highest BCUT2D eigenvalue weighted by atomic mass is 79.9. The Morgan fingerprint density at radius 1 is 0.943 bits per heavy atom. The minimum Gasteiger partial charge on any atom is -0.497 e. The van der Waals surface area contributed by atoms with Crippen LogP contribution in [0.15, 0.2) is 88.8 Å². The van der Waals surface area contributed by atoms with Crippen LogP contribution < -0.4 is 19.7 Å². The van der Waals surface area contributed by atoms with E-state index in [1.54, 1.807) is 87.0 Å². The summed E-state index contributed by atoms with van der Waals surface area (Å²) in [5.74, 6) is 0.576. The number of benzene rings is 3. The van der Waals surface area contributed by atoms with Crippen LogP contribution in [0.3, 0.4) is 0 Å². The van der Waals surface area contributed by atoms with Crippen LogP contribution in [0.2, 0.25) is 5.02 Å². The van der Waals surface area contributed by atoms with Crippen molar-refractivity contribution in [1.29, 1.82) is 0 Å². The van der Waals surface area contributed by atoms with Gasteiger partial charge < -0.3 is 14.8 Å². The molecule has 0 aliphatic carbocycles. The average Bonchev–Trinajstić information content (AvgIpc) is 3.15. The van der Waals surface area contributed by atoms with Crippen LogP contribution >= 0.6 is 40.3 Å². The van der Waals surface area contributed by atoms with Crippen LogP contribution in [0.25, 0.3) is 0 Å². The number of thioether (sulfide) groups is 1. The Bertz CT molecular complexity index is 1260. The number of anilines is 2. The fraction of sp³-hybridized carbons (Fsp3) is 0.0800. The number of aliphatic imine (C=N–C) groups is 1. The number of hydrogen-bond donors (Lipinski definition) is 1. The average molecular weight is 575 g/mol. The Hall–Kier alpha value is -3.27. The molecule has 0 unspecified atom stereocenters. The summed E-state index contributed by atoms with van der Waals surface area (Å²) in [5, 5.41) is 3.72. The van der Waals surface area contributed by atoms with E-state index in [2.05, 4.69) is 10.3 Å². The standard InChI is InChI=1S/C25H20ClN3O4S.BrH/c1-32-20-11-7-18(8-12-20)28-25-29(19-9-13-21(33-2)14-10-19)24(31)22(34-25)15-23(30)27-17-5-3-16(26)4-6-17;/h3-15H,1-2H3,(H,27,30);1H/b22-15+,28-25?;. The number of methoxy groups -OCH3 is 2. The second kappa shape index (κ2) is 11.9. The van der Waals surface area contributed by atoms with Gasteiger partial charge >= 0.3 is 0 Å². The SMILES string of the molecule is Br.COc1ccc(N=C2S/C(=C/C(=O)Nc3ccc(Cl)cc3)C(=O)N2c2ccc(OC)cc2)cc1. The maximum Gasteiger partial charge on any atom is 0.271 e. The number of carbonyl (C=O) groups is 2. The van der Waals surface area contributed by atoms with Crippen molar-refractivity contribution in [3.63, 3.8) is 0 Å². The normalized spacial score (nSPS) is 15.2. The highest BCUT2D eigenvalue weighted by Crippen LogP contribution is 2.37. The predicted octanol–water partition coefficient (Wildman–Crippen LogP) is 6.23. The summed E-state index contributed by atoms with van der Waals surface area (Å²) in [6.45, 7) is 0. The number of carbonyl (C=O) groups excluding carboxylic acids is 2. The predicted molar refractivity (Wildman–Crippen MR) is 147 cm³/mol. The molecule has 0 radical (unpaired) electrons. The number of amidine groups is 1. The van der Waals surface area contributed by atoms with E-state index in [0.717, 1.165) is 11.8 Å². The second-order valence-electron chi connectivity index (χ2n) is 7.04. The van der Waals surface area contributed by atoms with Crippen molar-refractivity contribution in [2.75, 3.05) is 24.4 Å². The third-order valence-electron chi connectivity index (χ3n) is 4.81. The van der Waals surface area contributed by atoms with Gasteiger partial charge in [0.1, 0.15) is 11.5 Å². The van der Waals surface area contributed by atoms with Gasteiger partial charge in [-0.05, 0) is 84.6 Å². The van der Waals surface area contributed by atoms with Crippen molar-refractivity contribution in [2.24, 2.45) is 4.99 Å². The lowest BCUT2D eigenvalue weighted by Gasteiger charge is -2.16. The largest absolute Gasteiger partial charge is 0.497 e. The lowest BCUT2D eigenvalue weighted by atomic mass is 10.2. The summed E-state index contributed by atoms with van der Waals surface area (Å²) in [6.07, 6.45) is 1.27. The second-order valence-corrected chi connectivity index (χ2v) is 8.48. The molecular formula is C25H21BrClN3O4S. The highest BCUT2D eigenvalue weighted by Gasteiger charge is 2.35. The van der Waals surface area contributed by atoms with Gasteiger partial charge in [-0.25, -0.2) is 4.99 Å². The molecule has 1 saturated heterocycles. The fourth-order valence-electron chi connectivity index (χ4n) is 3.11. The molecule has 0 saturated carbocycles. The molecule has 1 heterocycles. The van der Waals surface area contributed by atoms with E-state index in [-0.39, 0.29) is 27.8 Å². The molecule has 0 bridgehead atoms. The smallest absolute Gasteiger partial charge is 0.271 e. The summed E-state index contributed by atoms with van der Waals surface area (Å²) in [7, 11) is 3.16. The molecule has 10 heteroatoms. The van der Waals surface area contributed by atoms with Crippen LogP contribution in [-0.4, -0.2) is 31.2 Å². The molecule has 180 valence electrons. The first-order valence-corrected chi connectivity index (χ1v) is 11.3. The van der Waals surface area contributed by atoms with Crippen molar-refractivity contribution >= 4 is 74.4 Å². The monoisotopic (exact) mass is 573 g/mol. The van der Waals surface area contributed by atoms with E-state index in [1.807, 2.05) is 0 Å². The number of halogens is 2. The molecule has 1 fully saturated rings. The minimum atomic E-state index is -0.432. The summed E-state index contributed by atoms with van der Waals surface area (Å²) in [5.41, 5.74) is 1.81. The molecule has 1 aliphatic heterocycles. The van der Waals surface area contributed by atoms with Gasteiger partial charge in [0.05, 0.1) is 30.5 Å². The Labute approximate surface area is 222 Å². The Balaban J connectivity index is 0.00000342. The van der Waals surface area contributed by atoms with Gasteiger partial charge in [0.2, 0.25) is 5.91 Å². The Morgan fingerprint density at radius 2 is 1.51 bits per heavy atom. The number of rotatable bonds is 6. The van der Waals surface area contributed by atoms with Gasteiger partial charge in [-0.15, -0.1) is 17.0 Å². The Kier molecular flexibility index (Phi) is 8.97. The number of amides is 2. The Morgan fingerprint density at radius 3 is 2.09 bits per heavy atom. The molecule has 3 aromatic rings. The summed E-state index contributed by atoms with van der Waals surface area (Å²) < 4.78 is 10.4. The van der Waals surface area contributed by atoms with Crippen molar-refractivity contribution < 1.29 is 19.1 Å². The van der Waals surface area contributed by atoms with Gasteiger partial charge in [0.15, 0.2) is 5.17 Å².